The van der Waals surface area contributed by atoms with Crippen molar-refractivity contribution in [2.75, 3.05) is 18.5 Å². The van der Waals surface area contributed by atoms with Gasteiger partial charge in [-0.05, 0) is 18.1 Å². The molecule has 7 N–H and O–H groups in total. The quantitative estimate of drug-likeness (QED) is 0.302. The first-order chi connectivity index (χ1) is 16.0. The van der Waals surface area contributed by atoms with Gasteiger partial charge in [-0.25, -0.2) is 0 Å². The van der Waals surface area contributed by atoms with Crippen molar-refractivity contribution in [3.63, 3.8) is 0 Å². The molecule has 1 heterocycles. The van der Waals surface area contributed by atoms with E-state index >= 15 is 0 Å². The molecule has 33 heavy (non-hydrogen) atoms. The third-order valence-corrected chi connectivity index (χ3v) is 5.56. The van der Waals surface area contributed by atoms with Crippen LogP contribution in [0.3, 0.4) is 0 Å². The number of carbonyl (C=O) groups excluding carboxylic acids is 3. The van der Waals surface area contributed by atoms with E-state index in [1.165, 1.54) is 0 Å². The normalized spacial score (nSPS) is 14.9. The van der Waals surface area contributed by atoms with Crippen LogP contribution in [-0.4, -0.2) is 31.3 Å². The fraction of sp³-hybridized carbons (Fsp3) is 0.292. The van der Waals surface area contributed by atoms with Crippen LogP contribution in [0.2, 0.25) is 0 Å². The van der Waals surface area contributed by atoms with Crippen molar-refractivity contribution in [2.24, 2.45) is 11.6 Å². The third kappa shape index (κ3) is 5.69. The highest BCUT2D eigenvalue weighted by Crippen LogP contribution is 2.34. The lowest BCUT2D eigenvalue weighted by atomic mass is 9.96. The lowest BCUT2D eigenvalue weighted by Crippen LogP contribution is -2.36. The van der Waals surface area contributed by atoms with Gasteiger partial charge in [0.15, 0.2) is 0 Å². The van der Waals surface area contributed by atoms with Crippen LogP contribution >= 0.6 is 0 Å². The number of nitrogens with one attached hydrogen (secondary N) is 3. The number of nitrogens with two attached hydrogens (primary N) is 2. The Hall–Kier alpha value is -3.85. The minimum absolute atomic E-state index is 0.102. The molecular formula is C24H30N6O3. The molecule has 0 spiro atoms. The zero-order chi connectivity index (χ0) is 23.8. The van der Waals surface area contributed by atoms with Crippen molar-refractivity contribution in [3.8, 4) is 0 Å². The zero-order valence-corrected chi connectivity index (χ0v) is 18.7. The molecule has 0 unspecified atom stereocenters. The van der Waals surface area contributed by atoms with Crippen LogP contribution in [0.1, 0.15) is 42.4 Å². The standard InChI is InChI=1S/C24H30N6O3/c1-27-20(31)11-6-12-21(32)28-14-13-22(33)30-15-16-7-2-3-8-17(16)24(29-26)23(25)18-9-4-5-10-19(18)30/h2-5,7-10,29H,6,11-15,25-26H2,1H3,(H,27,31)(H,28,32)/b24-23-. The number of nitrogens with zero attached hydrogens (tertiary/aromatic N) is 1. The summed E-state index contributed by atoms with van der Waals surface area (Å²) in [6.07, 6.45) is 1.11. The second-order valence-corrected chi connectivity index (χ2v) is 7.71. The van der Waals surface area contributed by atoms with Gasteiger partial charge in [-0.3, -0.25) is 20.2 Å². The summed E-state index contributed by atoms with van der Waals surface area (Å²) in [6.45, 7) is 0.545. The minimum atomic E-state index is -0.184. The van der Waals surface area contributed by atoms with Crippen molar-refractivity contribution >= 4 is 34.8 Å². The van der Waals surface area contributed by atoms with Crippen LogP contribution in [0, 0.1) is 0 Å². The Labute approximate surface area is 193 Å². The molecule has 0 aliphatic carbocycles. The molecular weight excluding hydrogens is 420 g/mol. The van der Waals surface area contributed by atoms with E-state index in [0.717, 1.165) is 11.1 Å². The van der Waals surface area contributed by atoms with E-state index < -0.39 is 0 Å². The van der Waals surface area contributed by atoms with Gasteiger partial charge in [-0.15, -0.1) is 0 Å². The highest BCUT2D eigenvalue weighted by Gasteiger charge is 2.25. The van der Waals surface area contributed by atoms with Crippen molar-refractivity contribution in [2.45, 2.75) is 32.2 Å². The van der Waals surface area contributed by atoms with E-state index in [0.29, 0.717) is 42.0 Å². The number of rotatable bonds is 8. The lowest BCUT2D eigenvalue weighted by Gasteiger charge is -2.30. The van der Waals surface area contributed by atoms with Crippen molar-refractivity contribution < 1.29 is 14.4 Å². The molecule has 0 fully saturated rings. The maximum absolute atomic E-state index is 13.2. The highest BCUT2D eigenvalue weighted by atomic mass is 16.2. The Kier molecular flexibility index (Phi) is 8.04. The van der Waals surface area contributed by atoms with Gasteiger partial charge in [0.05, 0.1) is 23.6 Å². The van der Waals surface area contributed by atoms with Gasteiger partial charge in [0.25, 0.3) is 0 Å². The van der Waals surface area contributed by atoms with Crippen LogP contribution in [0.15, 0.2) is 48.5 Å². The Morgan fingerprint density at radius 1 is 0.939 bits per heavy atom. The van der Waals surface area contributed by atoms with Crippen molar-refractivity contribution in [1.82, 2.24) is 16.1 Å². The number of fused-ring (bicyclic) bond motifs is 2. The fourth-order valence-electron chi connectivity index (χ4n) is 3.82. The molecule has 174 valence electrons. The van der Waals surface area contributed by atoms with E-state index in [-0.39, 0.29) is 37.1 Å². The number of hydrazine groups is 1. The smallest absolute Gasteiger partial charge is 0.229 e. The summed E-state index contributed by atoms with van der Waals surface area (Å²) in [7, 11) is 1.56. The number of anilines is 1. The van der Waals surface area contributed by atoms with Crippen LogP contribution < -0.4 is 32.5 Å². The van der Waals surface area contributed by atoms with E-state index in [9.17, 15) is 14.4 Å². The topological polar surface area (TPSA) is 143 Å². The average Bonchev–Trinajstić information content (AvgIpc) is 2.82. The second kappa shape index (κ2) is 11.1. The van der Waals surface area contributed by atoms with Gasteiger partial charge < -0.3 is 26.7 Å². The molecule has 0 aromatic heterocycles. The molecule has 1 aliphatic rings. The monoisotopic (exact) mass is 450 g/mol. The van der Waals surface area contributed by atoms with Gasteiger partial charge >= 0.3 is 0 Å². The summed E-state index contributed by atoms with van der Waals surface area (Å²) in [6, 6.07) is 15.0. The number of hydrogen-bond acceptors (Lipinski definition) is 6. The summed E-state index contributed by atoms with van der Waals surface area (Å²) in [5, 5.41) is 5.29. The van der Waals surface area contributed by atoms with Gasteiger partial charge in [0.1, 0.15) is 0 Å². The molecule has 0 bridgehead atoms. The molecule has 3 amide bonds. The van der Waals surface area contributed by atoms with E-state index in [1.54, 1.807) is 11.9 Å². The van der Waals surface area contributed by atoms with E-state index in [2.05, 4.69) is 16.1 Å². The molecule has 3 rings (SSSR count). The zero-order valence-electron chi connectivity index (χ0n) is 18.7. The maximum Gasteiger partial charge on any atom is 0.229 e. The minimum Gasteiger partial charge on any atom is -0.396 e. The van der Waals surface area contributed by atoms with Crippen molar-refractivity contribution in [3.05, 3.63) is 65.2 Å². The van der Waals surface area contributed by atoms with Crippen molar-refractivity contribution in [1.29, 1.82) is 0 Å². The Morgan fingerprint density at radius 2 is 1.61 bits per heavy atom. The molecule has 0 radical (unpaired) electrons. The van der Waals surface area contributed by atoms with Crippen LogP contribution in [0.25, 0.3) is 11.4 Å². The van der Waals surface area contributed by atoms with Crippen LogP contribution in [-0.2, 0) is 20.9 Å². The van der Waals surface area contributed by atoms with Gasteiger partial charge in [0.2, 0.25) is 17.7 Å². The summed E-state index contributed by atoms with van der Waals surface area (Å²) in [5.74, 6) is 5.38. The SMILES string of the molecule is CNC(=O)CCCC(=O)NCCC(=O)N1Cc2ccccc2/C(NN)=C(/N)c2ccccc21. The maximum atomic E-state index is 13.2. The van der Waals surface area contributed by atoms with Crippen LogP contribution in [0.5, 0.6) is 0 Å². The van der Waals surface area contributed by atoms with Crippen LogP contribution in [0.4, 0.5) is 5.69 Å². The summed E-state index contributed by atoms with van der Waals surface area (Å²) >= 11 is 0. The van der Waals surface area contributed by atoms with Gasteiger partial charge in [0, 0.05) is 44.0 Å². The number of amides is 3. The first-order valence-electron chi connectivity index (χ1n) is 10.9. The summed E-state index contributed by atoms with van der Waals surface area (Å²) in [5.41, 5.74) is 13.4. The van der Waals surface area contributed by atoms with E-state index in [4.69, 9.17) is 11.6 Å². The third-order valence-electron chi connectivity index (χ3n) is 5.56. The summed E-state index contributed by atoms with van der Waals surface area (Å²) < 4.78 is 0. The number of carbonyl (C=O) groups is 3. The molecule has 9 heteroatoms. The fourth-order valence-corrected chi connectivity index (χ4v) is 3.82. The lowest BCUT2D eigenvalue weighted by molar-refractivity contribution is -0.122. The largest absolute Gasteiger partial charge is 0.396 e. The molecule has 2 aromatic carbocycles. The average molecular weight is 451 g/mol. The first kappa shape index (κ1) is 23.8. The molecule has 0 atom stereocenters. The molecule has 2 aromatic rings. The van der Waals surface area contributed by atoms with Gasteiger partial charge in [-0.1, -0.05) is 42.5 Å². The second-order valence-electron chi connectivity index (χ2n) is 7.71. The number of hydrogen-bond donors (Lipinski definition) is 5. The van der Waals surface area contributed by atoms with E-state index in [1.807, 2.05) is 48.5 Å². The summed E-state index contributed by atoms with van der Waals surface area (Å²) in [4.78, 5) is 38.2. The van der Waals surface area contributed by atoms with Gasteiger partial charge in [-0.2, -0.15) is 0 Å². The highest BCUT2D eigenvalue weighted by molar-refractivity contribution is 6.01. The first-order valence-corrected chi connectivity index (χ1v) is 10.9. The Balaban J connectivity index is 1.75. The Morgan fingerprint density at radius 3 is 2.33 bits per heavy atom. The number of benzene rings is 2. The Bertz CT molecular complexity index is 1070. The number of para-hydroxylation sites is 1. The molecule has 0 saturated carbocycles. The predicted octanol–water partition coefficient (Wildman–Crippen LogP) is 1.20. The molecule has 0 saturated heterocycles. The molecule has 1 aliphatic heterocycles. The molecule has 9 nitrogen and oxygen atoms in total. The predicted molar refractivity (Wildman–Crippen MR) is 128 cm³/mol.